The predicted octanol–water partition coefficient (Wildman–Crippen LogP) is 0.278. The Labute approximate surface area is 173 Å². The van der Waals surface area contributed by atoms with Gasteiger partial charge < -0.3 is 19.8 Å². The first-order chi connectivity index (χ1) is 14.7. The smallest absolute Gasteiger partial charge is 0.381 e. The molecule has 1 aromatic carbocycles. The van der Waals surface area contributed by atoms with Gasteiger partial charge in [0.25, 0.3) is 5.69 Å². The van der Waals surface area contributed by atoms with Crippen molar-refractivity contribution in [3.63, 3.8) is 0 Å². The zero-order valence-corrected chi connectivity index (χ0v) is 16.4. The van der Waals surface area contributed by atoms with Crippen molar-refractivity contribution in [2.24, 2.45) is 0 Å². The first-order valence-corrected chi connectivity index (χ1v) is 9.92. The van der Waals surface area contributed by atoms with Gasteiger partial charge in [-0.05, 0) is 16.0 Å². The van der Waals surface area contributed by atoms with Crippen LogP contribution in [0.3, 0.4) is 0 Å². The lowest BCUT2D eigenvalue weighted by Crippen LogP contribution is -2.22. The van der Waals surface area contributed by atoms with E-state index in [0.717, 1.165) is 16.8 Å². The van der Waals surface area contributed by atoms with Crippen LogP contribution in [0.25, 0.3) is 0 Å². The molecule has 0 fully saturated rings. The van der Waals surface area contributed by atoms with E-state index in [2.05, 4.69) is 15.3 Å². The first-order valence-electron chi connectivity index (χ1n) is 8.52. The van der Waals surface area contributed by atoms with Crippen LogP contribution in [-0.4, -0.2) is 61.1 Å². The molecule has 164 valence electrons. The fraction of sp³-hybridized carbons (Fsp3) is 0.267. The molecule has 0 amide bonds. The number of aliphatic hydroxyl groups excluding tert-OH is 1. The third-order valence-corrected chi connectivity index (χ3v) is 5.37. The lowest BCUT2D eigenvalue weighted by Gasteiger charge is -2.14. The third kappa shape index (κ3) is 5.05. The summed E-state index contributed by atoms with van der Waals surface area (Å²) in [6.07, 6.45) is 3.84. The fourth-order valence-corrected chi connectivity index (χ4v) is 3.65. The summed E-state index contributed by atoms with van der Waals surface area (Å²) in [5, 5.41) is 39.0. The molecule has 1 unspecified atom stereocenters. The van der Waals surface area contributed by atoms with E-state index in [1.54, 1.807) is 0 Å². The van der Waals surface area contributed by atoms with Crippen LogP contribution >= 0.6 is 0 Å². The van der Waals surface area contributed by atoms with Gasteiger partial charge in [0.15, 0.2) is 4.90 Å². The van der Waals surface area contributed by atoms with E-state index in [-0.39, 0.29) is 12.4 Å². The van der Waals surface area contributed by atoms with E-state index >= 15 is 0 Å². The van der Waals surface area contributed by atoms with Crippen LogP contribution in [0.1, 0.15) is 11.7 Å². The van der Waals surface area contributed by atoms with Gasteiger partial charge in [-0.1, -0.05) is 17.3 Å². The standard InChI is InChI=1S/C15H15N7O8S/c23-8-12(9-30-31(28,29)14-4-2-1-3-13(14)21(24)25)20-6-11(17-18-20)5-19-7-15(16-10-19)22(26)27/h1-4,6-7,10,12,23H,5,8-9H2. The summed E-state index contributed by atoms with van der Waals surface area (Å²) < 4.78 is 32.2. The number of imidazole rings is 1. The Balaban J connectivity index is 1.70. The number of para-hydroxylation sites is 1. The van der Waals surface area contributed by atoms with E-state index in [4.69, 9.17) is 4.18 Å². The molecule has 0 aliphatic heterocycles. The largest absolute Gasteiger partial charge is 0.394 e. The molecule has 16 heteroatoms. The number of nitrogens with zero attached hydrogens (tertiary/aromatic N) is 7. The highest BCUT2D eigenvalue weighted by Crippen LogP contribution is 2.25. The molecule has 0 spiro atoms. The lowest BCUT2D eigenvalue weighted by atomic mass is 10.3. The zero-order valence-electron chi connectivity index (χ0n) is 15.6. The van der Waals surface area contributed by atoms with Gasteiger partial charge in [-0.15, -0.1) is 5.10 Å². The summed E-state index contributed by atoms with van der Waals surface area (Å²) in [5.74, 6) is -0.339. The van der Waals surface area contributed by atoms with Gasteiger partial charge in [-0.2, -0.15) is 8.42 Å². The fourth-order valence-electron chi connectivity index (χ4n) is 2.54. The SMILES string of the molecule is O=[N+]([O-])c1cn(Cc2cn(C(CO)COS(=O)(=O)c3ccccc3[N+](=O)[O-])nn2)cn1. The molecule has 0 saturated heterocycles. The number of nitro benzene ring substituents is 1. The number of aromatic nitrogens is 5. The first kappa shape index (κ1) is 21.9. The van der Waals surface area contributed by atoms with Crippen LogP contribution in [0, 0.1) is 20.2 Å². The van der Waals surface area contributed by atoms with E-state index in [0.29, 0.717) is 5.69 Å². The van der Waals surface area contributed by atoms with E-state index in [1.165, 1.54) is 35.4 Å². The molecule has 0 bridgehead atoms. The molecule has 1 N–H and O–H groups in total. The predicted molar refractivity (Wildman–Crippen MR) is 100 cm³/mol. The van der Waals surface area contributed by atoms with Crippen molar-refractivity contribution in [2.45, 2.75) is 17.5 Å². The molecule has 15 nitrogen and oxygen atoms in total. The summed E-state index contributed by atoms with van der Waals surface area (Å²) in [6.45, 7) is -1.04. The van der Waals surface area contributed by atoms with Gasteiger partial charge in [0.2, 0.25) is 6.33 Å². The maximum absolute atomic E-state index is 12.4. The minimum atomic E-state index is -4.49. The highest BCUT2D eigenvalue weighted by Gasteiger charge is 2.27. The molecule has 1 atom stereocenters. The molecule has 3 rings (SSSR count). The van der Waals surface area contributed by atoms with Crippen molar-refractivity contribution in [3.05, 3.63) is 68.9 Å². The molecule has 0 radical (unpaired) electrons. The Bertz CT molecular complexity index is 1210. The maximum Gasteiger partial charge on any atom is 0.381 e. The summed E-state index contributed by atoms with van der Waals surface area (Å²) >= 11 is 0. The van der Waals surface area contributed by atoms with Crippen molar-refractivity contribution in [2.75, 3.05) is 13.2 Å². The normalized spacial score (nSPS) is 12.5. The van der Waals surface area contributed by atoms with Crippen LogP contribution in [0.5, 0.6) is 0 Å². The number of rotatable bonds is 10. The average Bonchev–Trinajstić information content (AvgIpc) is 3.39. The van der Waals surface area contributed by atoms with Gasteiger partial charge in [0, 0.05) is 6.07 Å². The Hall–Kier alpha value is -3.76. The monoisotopic (exact) mass is 453 g/mol. The maximum atomic E-state index is 12.4. The van der Waals surface area contributed by atoms with Gasteiger partial charge >= 0.3 is 15.9 Å². The number of benzene rings is 1. The molecule has 0 saturated carbocycles. The topological polar surface area (TPSA) is 198 Å². The molecule has 2 heterocycles. The quantitative estimate of drug-likeness (QED) is 0.251. The summed E-state index contributed by atoms with van der Waals surface area (Å²) in [5.41, 5.74) is -0.284. The van der Waals surface area contributed by atoms with Crippen molar-refractivity contribution in [3.8, 4) is 0 Å². The molecule has 0 aliphatic carbocycles. The van der Waals surface area contributed by atoms with Crippen LogP contribution in [0.4, 0.5) is 11.5 Å². The number of nitro groups is 2. The van der Waals surface area contributed by atoms with Crippen LogP contribution in [0.2, 0.25) is 0 Å². The Morgan fingerprint density at radius 1 is 1.16 bits per heavy atom. The Morgan fingerprint density at radius 2 is 1.90 bits per heavy atom. The summed E-state index contributed by atoms with van der Waals surface area (Å²) in [4.78, 5) is 23.2. The number of hydrogen-bond donors (Lipinski definition) is 1. The number of aliphatic hydroxyl groups is 1. The van der Waals surface area contributed by atoms with Crippen LogP contribution in [-0.2, 0) is 20.8 Å². The molecular weight excluding hydrogens is 438 g/mol. The van der Waals surface area contributed by atoms with Crippen molar-refractivity contribution in [1.29, 1.82) is 0 Å². The van der Waals surface area contributed by atoms with Crippen LogP contribution < -0.4 is 0 Å². The van der Waals surface area contributed by atoms with E-state index < -0.39 is 49.8 Å². The van der Waals surface area contributed by atoms with Gasteiger partial charge in [0.05, 0.1) is 30.9 Å². The Kier molecular flexibility index (Phi) is 6.33. The van der Waals surface area contributed by atoms with E-state index in [9.17, 15) is 33.8 Å². The third-order valence-electron chi connectivity index (χ3n) is 4.04. The van der Waals surface area contributed by atoms with E-state index in [1.807, 2.05) is 0 Å². The molecular formula is C15H15N7O8S. The van der Waals surface area contributed by atoms with Crippen molar-refractivity contribution < 1.29 is 27.6 Å². The van der Waals surface area contributed by atoms with Gasteiger partial charge in [0.1, 0.15) is 17.9 Å². The second kappa shape index (κ2) is 8.94. The minimum absolute atomic E-state index is 0.0916. The Morgan fingerprint density at radius 3 is 2.55 bits per heavy atom. The van der Waals surface area contributed by atoms with Crippen molar-refractivity contribution >= 4 is 21.6 Å². The highest BCUT2D eigenvalue weighted by atomic mass is 32.2. The zero-order chi connectivity index (χ0) is 22.6. The summed E-state index contributed by atoms with van der Waals surface area (Å²) in [7, 11) is -4.49. The number of hydrogen-bond acceptors (Lipinski definition) is 11. The van der Waals surface area contributed by atoms with Gasteiger partial charge in [-0.25, -0.2) is 4.68 Å². The second-order valence-corrected chi connectivity index (χ2v) is 7.73. The van der Waals surface area contributed by atoms with Gasteiger partial charge in [-0.3, -0.25) is 14.3 Å². The average molecular weight is 453 g/mol. The van der Waals surface area contributed by atoms with Crippen molar-refractivity contribution in [1.82, 2.24) is 24.5 Å². The molecule has 2 aromatic heterocycles. The molecule has 3 aromatic rings. The highest BCUT2D eigenvalue weighted by molar-refractivity contribution is 7.87. The summed E-state index contributed by atoms with van der Waals surface area (Å²) in [6, 6.07) is 3.75. The molecule has 31 heavy (non-hydrogen) atoms. The lowest BCUT2D eigenvalue weighted by molar-refractivity contribution is -0.389. The van der Waals surface area contributed by atoms with Crippen LogP contribution in [0.15, 0.2) is 47.9 Å². The molecule has 0 aliphatic rings. The minimum Gasteiger partial charge on any atom is -0.394 e. The second-order valence-electron chi connectivity index (χ2n) is 6.15.